The molecule has 0 unspecified atom stereocenters. The van der Waals surface area contributed by atoms with E-state index >= 15 is 0 Å². The molecule has 1 heterocycles. The zero-order valence-corrected chi connectivity index (χ0v) is 16.4. The van der Waals surface area contributed by atoms with Crippen LogP contribution in [0.4, 0.5) is 4.39 Å². The van der Waals surface area contributed by atoms with Crippen molar-refractivity contribution < 1.29 is 18.7 Å². The third kappa shape index (κ3) is 5.25. The molecule has 1 amide bonds. The van der Waals surface area contributed by atoms with Crippen molar-refractivity contribution in [2.75, 3.05) is 13.2 Å². The smallest absolute Gasteiger partial charge is 0.219 e. The van der Waals surface area contributed by atoms with E-state index in [9.17, 15) is 9.18 Å². The van der Waals surface area contributed by atoms with Crippen LogP contribution in [0, 0.1) is 18.7 Å². The molecule has 0 saturated heterocycles. The van der Waals surface area contributed by atoms with E-state index in [-0.39, 0.29) is 23.9 Å². The normalized spacial score (nSPS) is 19.6. The third-order valence-corrected chi connectivity index (χ3v) is 4.84. The molecule has 0 spiro atoms. The van der Waals surface area contributed by atoms with Gasteiger partial charge in [-0.15, -0.1) is 0 Å². The van der Waals surface area contributed by atoms with E-state index in [4.69, 9.17) is 9.47 Å². The maximum atomic E-state index is 13.1. The molecule has 1 aliphatic carbocycles. The van der Waals surface area contributed by atoms with Gasteiger partial charge in [-0.3, -0.25) is 4.79 Å². The highest BCUT2D eigenvalue weighted by atomic mass is 19.1. The topological polar surface area (TPSA) is 73.3 Å². The van der Waals surface area contributed by atoms with Gasteiger partial charge in [-0.25, -0.2) is 14.4 Å². The lowest BCUT2D eigenvalue weighted by Crippen LogP contribution is -2.40. The molecule has 0 bridgehead atoms. The van der Waals surface area contributed by atoms with Gasteiger partial charge in [0.1, 0.15) is 12.1 Å². The Morgan fingerprint density at radius 2 is 2.00 bits per heavy atom. The van der Waals surface area contributed by atoms with Gasteiger partial charge in [0.05, 0.1) is 25.0 Å². The molecule has 7 heteroatoms. The minimum atomic E-state index is -0.278. The highest BCUT2D eigenvalue weighted by Gasteiger charge is 2.31. The van der Waals surface area contributed by atoms with Crippen LogP contribution in [0.5, 0.6) is 5.88 Å². The fraction of sp³-hybridized carbons (Fsp3) is 0.476. The van der Waals surface area contributed by atoms with Crippen molar-refractivity contribution in [3.8, 4) is 17.1 Å². The average Bonchev–Trinajstić information content (AvgIpc) is 2.61. The molecule has 1 aromatic carbocycles. The first-order valence-electron chi connectivity index (χ1n) is 9.51. The van der Waals surface area contributed by atoms with Crippen molar-refractivity contribution in [3.63, 3.8) is 0 Å². The first-order valence-corrected chi connectivity index (χ1v) is 9.51. The van der Waals surface area contributed by atoms with E-state index in [0.29, 0.717) is 25.0 Å². The van der Waals surface area contributed by atoms with Crippen molar-refractivity contribution in [1.29, 1.82) is 0 Å². The van der Waals surface area contributed by atoms with Crippen LogP contribution in [0.3, 0.4) is 0 Å². The van der Waals surface area contributed by atoms with E-state index in [1.807, 2.05) is 13.8 Å². The monoisotopic (exact) mass is 387 g/mol. The number of aromatic nitrogens is 2. The molecular formula is C21H26FN3O3. The van der Waals surface area contributed by atoms with Crippen LogP contribution in [-0.2, 0) is 9.53 Å². The number of carbonyl (C=O) groups excluding carboxylic acids is 1. The number of nitrogens with one attached hydrogen (secondary N) is 1. The number of amides is 1. The van der Waals surface area contributed by atoms with Gasteiger partial charge in [-0.2, -0.15) is 0 Å². The summed E-state index contributed by atoms with van der Waals surface area (Å²) in [5.74, 6) is 0.652. The molecule has 0 aliphatic heterocycles. The highest BCUT2D eigenvalue weighted by molar-refractivity contribution is 5.73. The van der Waals surface area contributed by atoms with Gasteiger partial charge in [0.2, 0.25) is 11.8 Å². The first kappa shape index (κ1) is 20.2. The Balaban J connectivity index is 1.47. The number of hydrogen-bond donors (Lipinski definition) is 1. The van der Waals surface area contributed by atoms with Crippen molar-refractivity contribution >= 4 is 5.91 Å². The summed E-state index contributed by atoms with van der Waals surface area (Å²) in [5, 5.41) is 2.81. The molecule has 1 aliphatic rings. The summed E-state index contributed by atoms with van der Waals surface area (Å²) in [6.07, 6.45) is 3.55. The van der Waals surface area contributed by atoms with Crippen LogP contribution in [-0.4, -0.2) is 41.2 Å². The zero-order valence-electron chi connectivity index (χ0n) is 16.4. The largest absolute Gasteiger partial charge is 0.477 e. The van der Waals surface area contributed by atoms with E-state index in [1.165, 1.54) is 25.4 Å². The SMILES string of the molecule is CC(=O)N[C@@H](C)CO[C@H]1C[C@H](COc2ncnc(-c3ccc(F)cc3)c2C)C1. The lowest BCUT2D eigenvalue weighted by atomic mass is 9.83. The van der Waals surface area contributed by atoms with Gasteiger partial charge in [-0.05, 0) is 56.9 Å². The number of benzene rings is 1. The van der Waals surface area contributed by atoms with E-state index in [1.54, 1.807) is 12.1 Å². The molecule has 6 nitrogen and oxygen atoms in total. The second-order valence-electron chi connectivity index (χ2n) is 7.36. The minimum absolute atomic E-state index is 0.0151. The standard InChI is InChI=1S/C21H26FN3O3/c1-13(25-15(3)26)10-27-19-8-16(9-19)11-28-21-14(2)20(23-12-24-21)17-4-6-18(22)7-5-17/h4-7,12-13,16,19H,8-11H2,1-3H3,(H,25,26)/t13-,16-,19-/m0/s1. The molecule has 2 aromatic rings. The van der Waals surface area contributed by atoms with E-state index < -0.39 is 0 Å². The molecular weight excluding hydrogens is 361 g/mol. The lowest BCUT2D eigenvalue weighted by molar-refractivity contribution is -0.120. The number of carbonyl (C=O) groups is 1. The molecule has 1 atom stereocenters. The predicted molar refractivity (Wildman–Crippen MR) is 103 cm³/mol. The highest BCUT2D eigenvalue weighted by Crippen LogP contribution is 2.32. The Morgan fingerprint density at radius 1 is 1.29 bits per heavy atom. The van der Waals surface area contributed by atoms with Crippen LogP contribution in [0.1, 0.15) is 32.3 Å². The maximum absolute atomic E-state index is 13.1. The first-order chi connectivity index (χ1) is 13.4. The quantitative estimate of drug-likeness (QED) is 0.752. The van der Waals surface area contributed by atoms with Crippen molar-refractivity contribution in [1.82, 2.24) is 15.3 Å². The van der Waals surface area contributed by atoms with Crippen molar-refractivity contribution in [3.05, 3.63) is 42.0 Å². The average molecular weight is 387 g/mol. The van der Waals surface area contributed by atoms with Crippen LogP contribution in [0.15, 0.2) is 30.6 Å². The molecule has 150 valence electrons. The summed E-state index contributed by atoms with van der Waals surface area (Å²) in [6, 6.07) is 6.24. The fourth-order valence-electron chi connectivity index (χ4n) is 3.29. The molecule has 1 N–H and O–H groups in total. The number of rotatable bonds is 8. The molecule has 1 saturated carbocycles. The van der Waals surface area contributed by atoms with Crippen LogP contribution < -0.4 is 10.1 Å². The Kier molecular flexibility index (Phi) is 6.57. The number of ether oxygens (including phenoxy) is 2. The molecule has 1 fully saturated rings. The van der Waals surface area contributed by atoms with Gasteiger partial charge in [0.25, 0.3) is 0 Å². The van der Waals surface area contributed by atoms with E-state index in [0.717, 1.165) is 29.7 Å². The summed E-state index contributed by atoms with van der Waals surface area (Å²) in [6.45, 7) is 6.43. The summed E-state index contributed by atoms with van der Waals surface area (Å²) < 4.78 is 24.9. The van der Waals surface area contributed by atoms with Crippen molar-refractivity contribution in [2.45, 2.75) is 45.8 Å². The van der Waals surface area contributed by atoms with Crippen LogP contribution >= 0.6 is 0 Å². The second kappa shape index (κ2) is 9.10. The molecule has 3 rings (SSSR count). The summed E-state index contributed by atoms with van der Waals surface area (Å²) in [7, 11) is 0. The molecule has 28 heavy (non-hydrogen) atoms. The summed E-state index contributed by atoms with van der Waals surface area (Å²) >= 11 is 0. The Hall–Kier alpha value is -2.54. The lowest BCUT2D eigenvalue weighted by Gasteiger charge is -2.35. The Morgan fingerprint density at radius 3 is 2.68 bits per heavy atom. The Bertz CT molecular complexity index is 807. The molecule has 0 radical (unpaired) electrons. The van der Waals surface area contributed by atoms with E-state index in [2.05, 4.69) is 15.3 Å². The third-order valence-electron chi connectivity index (χ3n) is 4.84. The number of hydrogen-bond acceptors (Lipinski definition) is 5. The van der Waals surface area contributed by atoms with Gasteiger partial charge in [-0.1, -0.05) is 0 Å². The van der Waals surface area contributed by atoms with Gasteiger partial charge >= 0.3 is 0 Å². The zero-order chi connectivity index (χ0) is 20.1. The van der Waals surface area contributed by atoms with Gasteiger partial charge < -0.3 is 14.8 Å². The van der Waals surface area contributed by atoms with Gasteiger partial charge in [0.15, 0.2) is 0 Å². The summed E-state index contributed by atoms with van der Waals surface area (Å²) in [5.41, 5.74) is 2.41. The van der Waals surface area contributed by atoms with Gasteiger partial charge in [0, 0.05) is 24.1 Å². The van der Waals surface area contributed by atoms with Crippen LogP contribution in [0.25, 0.3) is 11.3 Å². The number of nitrogens with zero attached hydrogens (tertiary/aromatic N) is 2. The van der Waals surface area contributed by atoms with Crippen LogP contribution in [0.2, 0.25) is 0 Å². The van der Waals surface area contributed by atoms with Crippen molar-refractivity contribution in [2.24, 2.45) is 5.92 Å². The Labute approximate surface area is 164 Å². The fourth-order valence-corrected chi connectivity index (χ4v) is 3.29. The second-order valence-corrected chi connectivity index (χ2v) is 7.36. The minimum Gasteiger partial charge on any atom is -0.477 e. The number of halogens is 1. The summed E-state index contributed by atoms with van der Waals surface area (Å²) in [4.78, 5) is 19.6. The molecule has 1 aromatic heterocycles. The predicted octanol–water partition coefficient (Wildman–Crippen LogP) is 3.29. The maximum Gasteiger partial charge on any atom is 0.219 e.